The lowest BCUT2D eigenvalue weighted by Crippen LogP contribution is -2.17. The Hall–Kier alpha value is -2.73. The fourth-order valence-corrected chi connectivity index (χ4v) is 3.00. The zero-order chi connectivity index (χ0) is 18.5. The van der Waals surface area contributed by atoms with Gasteiger partial charge in [-0.25, -0.2) is 0 Å². The molecule has 6 nitrogen and oxygen atoms in total. The van der Waals surface area contributed by atoms with Crippen LogP contribution in [0.2, 0.25) is 0 Å². The third-order valence-corrected chi connectivity index (χ3v) is 4.25. The minimum absolute atomic E-state index is 0.131. The van der Waals surface area contributed by atoms with E-state index < -0.39 is 0 Å². The van der Waals surface area contributed by atoms with Crippen LogP contribution < -0.4 is 14.2 Å². The first-order valence-corrected chi connectivity index (χ1v) is 8.32. The number of rotatable bonds is 7. The van der Waals surface area contributed by atoms with Crippen molar-refractivity contribution >= 4 is 5.97 Å². The summed E-state index contributed by atoms with van der Waals surface area (Å²) in [5, 5.41) is 0. The summed E-state index contributed by atoms with van der Waals surface area (Å²) in [4.78, 5) is 11.3. The molecule has 0 unspecified atom stereocenters. The first-order valence-electron chi connectivity index (χ1n) is 8.32. The molecule has 0 spiro atoms. The average Bonchev–Trinajstić information content (AvgIpc) is 3.02. The second kappa shape index (κ2) is 8.10. The lowest BCUT2D eigenvalue weighted by molar-refractivity contribution is -0.141. The molecule has 0 aliphatic carbocycles. The van der Waals surface area contributed by atoms with Crippen molar-refractivity contribution in [2.45, 2.75) is 18.9 Å². The minimum Gasteiger partial charge on any atom is -0.497 e. The highest BCUT2D eigenvalue weighted by Crippen LogP contribution is 2.47. The lowest BCUT2D eigenvalue weighted by Gasteiger charge is -2.19. The summed E-state index contributed by atoms with van der Waals surface area (Å²) < 4.78 is 27.1. The Balaban J connectivity index is 1.89. The van der Waals surface area contributed by atoms with Crippen molar-refractivity contribution in [3.05, 3.63) is 53.6 Å². The van der Waals surface area contributed by atoms with Crippen LogP contribution in [0.25, 0.3) is 0 Å². The van der Waals surface area contributed by atoms with Gasteiger partial charge in [-0.1, -0.05) is 12.1 Å². The van der Waals surface area contributed by atoms with Gasteiger partial charge in [0.1, 0.15) is 30.0 Å². The van der Waals surface area contributed by atoms with Crippen LogP contribution in [-0.2, 0) is 14.3 Å². The summed E-state index contributed by atoms with van der Waals surface area (Å²) in [5.41, 5.74) is 1.93. The zero-order valence-corrected chi connectivity index (χ0v) is 15.1. The van der Waals surface area contributed by atoms with Gasteiger partial charge in [0.05, 0.1) is 13.0 Å². The van der Waals surface area contributed by atoms with Crippen molar-refractivity contribution in [2.75, 3.05) is 27.6 Å². The maximum absolute atomic E-state index is 11.3. The van der Waals surface area contributed by atoms with E-state index in [4.69, 9.17) is 23.7 Å². The van der Waals surface area contributed by atoms with Gasteiger partial charge in [0.15, 0.2) is 6.79 Å². The molecule has 6 heteroatoms. The van der Waals surface area contributed by atoms with Crippen LogP contribution in [0.3, 0.4) is 0 Å². The van der Waals surface area contributed by atoms with Gasteiger partial charge < -0.3 is 23.7 Å². The summed E-state index contributed by atoms with van der Waals surface area (Å²) in [6.45, 7) is 1.79. The number of ether oxygens (including phenoxy) is 5. The Morgan fingerprint density at radius 1 is 1.08 bits per heavy atom. The molecule has 0 saturated heterocycles. The van der Waals surface area contributed by atoms with Crippen molar-refractivity contribution in [1.82, 2.24) is 0 Å². The number of hydrogen-bond acceptors (Lipinski definition) is 6. The first kappa shape index (κ1) is 18.1. The Bertz CT molecular complexity index is 755. The van der Waals surface area contributed by atoms with E-state index >= 15 is 0 Å². The fourth-order valence-electron chi connectivity index (χ4n) is 3.00. The molecule has 1 heterocycles. The third-order valence-electron chi connectivity index (χ3n) is 4.25. The Labute approximate surface area is 152 Å². The van der Waals surface area contributed by atoms with Gasteiger partial charge in [0.2, 0.25) is 0 Å². The highest BCUT2D eigenvalue weighted by atomic mass is 16.7. The summed E-state index contributed by atoms with van der Waals surface area (Å²) >= 11 is 0. The zero-order valence-electron chi connectivity index (χ0n) is 15.1. The molecule has 0 amide bonds. The number of carbonyl (C=O) groups is 1. The predicted octanol–water partition coefficient (Wildman–Crippen LogP) is 3.46. The van der Waals surface area contributed by atoms with Crippen molar-refractivity contribution < 1.29 is 28.5 Å². The van der Waals surface area contributed by atoms with Crippen molar-refractivity contribution in [3.63, 3.8) is 0 Å². The van der Waals surface area contributed by atoms with E-state index in [1.807, 2.05) is 42.5 Å². The molecule has 2 atom stereocenters. The standard InChI is InChI=1S/C20H22O6/c1-13(21)24-11-18-17-10-16(25-12-22-2)8-9-19(17)26-20(18)14-4-6-15(23-3)7-5-14/h4-10,18,20H,11-12H2,1-3H3/t18-,20+/m0/s1. The van der Waals surface area contributed by atoms with Gasteiger partial charge in [-0.3, -0.25) is 4.79 Å². The number of esters is 1. The molecule has 0 aromatic heterocycles. The van der Waals surface area contributed by atoms with E-state index in [2.05, 4.69) is 0 Å². The average molecular weight is 358 g/mol. The van der Waals surface area contributed by atoms with E-state index in [-0.39, 0.29) is 31.4 Å². The summed E-state index contributed by atoms with van der Waals surface area (Å²) in [6, 6.07) is 13.3. The van der Waals surface area contributed by atoms with Gasteiger partial charge in [0.25, 0.3) is 0 Å². The van der Waals surface area contributed by atoms with E-state index in [0.29, 0.717) is 5.75 Å². The molecular weight excluding hydrogens is 336 g/mol. The van der Waals surface area contributed by atoms with Gasteiger partial charge in [-0.05, 0) is 35.9 Å². The maximum atomic E-state index is 11.3. The van der Waals surface area contributed by atoms with E-state index in [1.54, 1.807) is 14.2 Å². The summed E-state index contributed by atoms with van der Waals surface area (Å²) in [7, 11) is 3.20. The van der Waals surface area contributed by atoms with Gasteiger partial charge in [-0.15, -0.1) is 0 Å². The molecule has 0 saturated carbocycles. The second-order valence-corrected chi connectivity index (χ2v) is 5.97. The fraction of sp³-hybridized carbons (Fsp3) is 0.350. The summed E-state index contributed by atoms with van der Waals surface area (Å²) in [6.07, 6.45) is -0.257. The largest absolute Gasteiger partial charge is 0.497 e. The van der Waals surface area contributed by atoms with Crippen molar-refractivity contribution in [3.8, 4) is 17.2 Å². The molecule has 138 valence electrons. The highest BCUT2D eigenvalue weighted by molar-refractivity contribution is 5.66. The molecule has 0 fully saturated rings. The molecule has 0 N–H and O–H groups in total. The smallest absolute Gasteiger partial charge is 0.302 e. The van der Waals surface area contributed by atoms with Crippen LogP contribution in [0.15, 0.2) is 42.5 Å². The second-order valence-electron chi connectivity index (χ2n) is 5.97. The number of fused-ring (bicyclic) bond motifs is 1. The molecule has 2 aromatic rings. The number of hydrogen-bond donors (Lipinski definition) is 0. The molecule has 1 aliphatic heterocycles. The molecule has 1 aliphatic rings. The Kier molecular flexibility index (Phi) is 5.63. The Morgan fingerprint density at radius 2 is 1.81 bits per heavy atom. The maximum Gasteiger partial charge on any atom is 0.302 e. The molecule has 0 bridgehead atoms. The molecule has 26 heavy (non-hydrogen) atoms. The number of methoxy groups -OCH3 is 2. The summed E-state index contributed by atoms with van der Waals surface area (Å²) in [5.74, 6) is 1.76. The quantitative estimate of drug-likeness (QED) is 0.558. The van der Waals surface area contributed by atoms with Crippen LogP contribution in [-0.4, -0.2) is 33.6 Å². The van der Waals surface area contributed by atoms with Gasteiger partial charge in [-0.2, -0.15) is 0 Å². The van der Waals surface area contributed by atoms with Crippen LogP contribution >= 0.6 is 0 Å². The minimum atomic E-state index is -0.321. The SMILES string of the molecule is COCOc1ccc2c(c1)[C@H](COC(C)=O)[C@@H](c1ccc(OC)cc1)O2. The molecule has 2 aromatic carbocycles. The number of carbonyl (C=O) groups excluding carboxylic acids is 1. The van der Waals surface area contributed by atoms with Crippen LogP contribution in [0.5, 0.6) is 17.2 Å². The topological polar surface area (TPSA) is 63.2 Å². The van der Waals surface area contributed by atoms with Crippen LogP contribution in [0.4, 0.5) is 0 Å². The normalized spacial score (nSPS) is 18.0. The van der Waals surface area contributed by atoms with E-state index in [9.17, 15) is 4.79 Å². The lowest BCUT2D eigenvalue weighted by atomic mass is 9.91. The highest BCUT2D eigenvalue weighted by Gasteiger charge is 2.36. The van der Waals surface area contributed by atoms with E-state index in [1.165, 1.54) is 6.92 Å². The first-order chi connectivity index (χ1) is 12.6. The van der Waals surface area contributed by atoms with Gasteiger partial charge >= 0.3 is 5.97 Å². The van der Waals surface area contributed by atoms with Crippen molar-refractivity contribution in [1.29, 1.82) is 0 Å². The van der Waals surface area contributed by atoms with Crippen LogP contribution in [0.1, 0.15) is 30.1 Å². The van der Waals surface area contributed by atoms with Gasteiger partial charge in [0, 0.05) is 19.6 Å². The van der Waals surface area contributed by atoms with Crippen molar-refractivity contribution in [2.24, 2.45) is 0 Å². The monoisotopic (exact) mass is 358 g/mol. The third kappa shape index (κ3) is 3.91. The van der Waals surface area contributed by atoms with E-state index in [0.717, 1.165) is 22.6 Å². The molecule has 3 rings (SSSR count). The molecular formula is C20H22O6. The Morgan fingerprint density at radius 3 is 2.46 bits per heavy atom. The molecule has 0 radical (unpaired) electrons. The van der Waals surface area contributed by atoms with Crippen LogP contribution in [0, 0.1) is 0 Å². The number of benzene rings is 2. The predicted molar refractivity (Wildman–Crippen MR) is 94.7 cm³/mol.